The summed E-state index contributed by atoms with van der Waals surface area (Å²) in [5, 5.41) is 14.5. The molecule has 5 rings (SSSR count). The van der Waals surface area contributed by atoms with E-state index in [1.54, 1.807) is 11.3 Å². The molecule has 0 atom stereocenters. The molecule has 30 heavy (non-hydrogen) atoms. The van der Waals surface area contributed by atoms with Gasteiger partial charge in [0.25, 0.3) is 0 Å². The first kappa shape index (κ1) is 19.2. The molecule has 1 saturated heterocycles. The van der Waals surface area contributed by atoms with Gasteiger partial charge in [-0.1, -0.05) is 60.7 Å². The van der Waals surface area contributed by atoms with Gasteiger partial charge in [-0.05, 0) is 36.8 Å². The summed E-state index contributed by atoms with van der Waals surface area (Å²) in [6.07, 6.45) is 4.43. The molecule has 2 fully saturated rings. The summed E-state index contributed by atoms with van der Waals surface area (Å²) in [6.45, 7) is 1.51. The van der Waals surface area contributed by atoms with Crippen LogP contribution in [0.15, 0.2) is 60.7 Å². The molecule has 1 aliphatic carbocycles. The zero-order valence-electron chi connectivity index (χ0n) is 16.9. The lowest BCUT2D eigenvalue weighted by molar-refractivity contribution is 0.179. The molecule has 1 aliphatic heterocycles. The molecule has 1 saturated carbocycles. The van der Waals surface area contributed by atoms with Gasteiger partial charge < -0.3 is 10.2 Å². The van der Waals surface area contributed by atoms with Crippen molar-refractivity contribution in [3.05, 3.63) is 81.8 Å². The summed E-state index contributed by atoms with van der Waals surface area (Å²) in [4.78, 5) is 15.0. The van der Waals surface area contributed by atoms with Gasteiger partial charge >= 0.3 is 6.03 Å². The molecular weight excluding hydrogens is 392 g/mol. The SMILES string of the molecule is O=C(NC(c1ccccc1)c1ccccc1)N1CCC(c2nnc(C3CC3)s2)CC1. The van der Waals surface area contributed by atoms with Crippen molar-refractivity contribution < 1.29 is 4.79 Å². The van der Waals surface area contributed by atoms with Crippen LogP contribution in [0, 0.1) is 0 Å². The van der Waals surface area contributed by atoms with Gasteiger partial charge in [0.05, 0.1) is 6.04 Å². The van der Waals surface area contributed by atoms with Crippen LogP contribution in [0.25, 0.3) is 0 Å². The van der Waals surface area contributed by atoms with Crippen molar-refractivity contribution in [1.82, 2.24) is 20.4 Å². The number of benzene rings is 2. The van der Waals surface area contributed by atoms with Gasteiger partial charge in [-0.3, -0.25) is 0 Å². The summed E-state index contributed by atoms with van der Waals surface area (Å²) in [5.41, 5.74) is 2.18. The Morgan fingerprint density at radius 2 is 1.33 bits per heavy atom. The van der Waals surface area contributed by atoms with Crippen LogP contribution in [0.2, 0.25) is 0 Å². The first-order valence-electron chi connectivity index (χ1n) is 10.8. The van der Waals surface area contributed by atoms with Gasteiger partial charge in [0.1, 0.15) is 10.0 Å². The molecule has 2 aliphatic rings. The Bertz CT molecular complexity index is 939. The molecule has 0 radical (unpaired) electrons. The number of carbonyl (C=O) groups excluding carboxylic acids is 1. The van der Waals surface area contributed by atoms with Crippen LogP contribution in [0.5, 0.6) is 0 Å². The molecule has 3 aromatic rings. The summed E-state index contributed by atoms with van der Waals surface area (Å²) >= 11 is 1.78. The highest BCUT2D eigenvalue weighted by molar-refractivity contribution is 7.11. The van der Waals surface area contributed by atoms with Gasteiger partial charge in [-0.25, -0.2) is 4.79 Å². The monoisotopic (exact) mass is 418 g/mol. The summed E-state index contributed by atoms with van der Waals surface area (Å²) in [5.74, 6) is 1.09. The Hall–Kier alpha value is -2.73. The lowest BCUT2D eigenvalue weighted by atomic mass is 9.97. The van der Waals surface area contributed by atoms with E-state index < -0.39 is 0 Å². The van der Waals surface area contributed by atoms with Gasteiger partial charge in [0, 0.05) is 24.9 Å². The van der Waals surface area contributed by atoms with Gasteiger partial charge in [-0.2, -0.15) is 0 Å². The Kier molecular flexibility index (Phi) is 5.49. The average Bonchev–Trinajstić information content (AvgIpc) is 3.55. The molecule has 5 nitrogen and oxygen atoms in total. The number of nitrogens with zero attached hydrogens (tertiary/aromatic N) is 3. The molecule has 0 unspecified atom stereocenters. The minimum Gasteiger partial charge on any atom is -0.327 e. The van der Waals surface area contributed by atoms with Crippen LogP contribution in [0.1, 0.15) is 64.7 Å². The highest BCUT2D eigenvalue weighted by atomic mass is 32.1. The van der Waals surface area contributed by atoms with Gasteiger partial charge in [0.15, 0.2) is 0 Å². The maximum absolute atomic E-state index is 13.1. The lowest BCUT2D eigenvalue weighted by Gasteiger charge is -2.32. The minimum atomic E-state index is -0.151. The number of piperidine rings is 1. The van der Waals surface area contributed by atoms with E-state index >= 15 is 0 Å². The highest BCUT2D eigenvalue weighted by Gasteiger charge is 2.31. The number of hydrogen-bond donors (Lipinski definition) is 1. The fraction of sp³-hybridized carbons (Fsp3) is 0.375. The van der Waals surface area contributed by atoms with Crippen LogP contribution in [0.3, 0.4) is 0 Å². The standard InChI is InChI=1S/C24H26N4OS/c29-24(25-21(17-7-3-1-4-8-17)18-9-5-2-6-10-18)28-15-13-20(14-16-28)23-27-26-22(30-23)19-11-12-19/h1-10,19-21H,11-16H2,(H,25,29). The van der Waals surface area contributed by atoms with Crippen molar-refractivity contribution in [2.24, 2.45) is 0 Å². The molecule has 2 aromatic carbocycles. The first-order valence-corrected chi connectivity index (χ1v) is 11.6. The smallest absolute Gasteiger partial charge is 0.318 e. The number of amides is 2. The third-order valence-electron chi connectivity index (χ3n) is 6.05. The van der Waals surface area contributed by atoms with E-state index in [1.807, 2.05) is 41.3 Å². The van der Waals surface area contributed by atoms with Crippen molar-refractivity contribution in [2.75, 3.05) is 13.1 Å². The number of likely N-dealkylation sites (tertiary alicyclic amines) is 1. The third kappa shape index (κ3) is 4.24. The summed E-state index contributed by atoms with van der Waals surface area (Å²) in [7, 11) is 0. The highest BCUT2D eigenvalue weighted by Crippen LogP contribution is 2.43. The maximum Gasteiger partial charge on any atom is 0.318 e. The summed E-state index contributed by atoms with van der Waals surface area (Å²) in [6, 6.07) is 20.2. The Labute approximate surface area is 181 Å². The maximum atomic E-state index is 13.1. The predicted octanol–water partition coefficient (Wildman–Crippen LogP) is 5.09. The fourth-order valence-corrected chi connectivity index (χ4v) is 5.28. The zero-order chi connectivity index (χ0) is 20.3. The van der Waals surface area contributed by atoms with Crippen LogP contribution in [0.4, 0.5) is 4.79 Å². The van der Waals surface area contributed by atoms with Crippen molar-refractivity contribution in [1.29, 1.82) is 0 Å². The second kappa shape index (κ2) is 8.56. The molecule has 2 amide bonds. The van der Waals surface area contributed by atoms with E-state index in [4.69, 9.17) is 0 Å². The molecule has 1 N–H and O–H groups in total. The van der Waals surface area contributed by atoms with E-state index in [2.05, 4.69) is 39.8 Å². The largest absolute Gasteiger partial charge is 0.327 e. The minimum absolute atomic E-state index is 0.00193. The fourth-order valence-electron chi connectivity index (χ4n) is 4.10. The second-order valence-electron chi connectivity index (χ2n) is 8.22. The van der Waals surface area contributed by atoms with Crippen molar-refractivity contribution in [2.45, 2.75) is 43.6 Å². The Morgan fingerprint density at radius 1 is 0.833 bits per heavy atom. The Balaban J connectivity index is 1.24. The number of nitrogens with one attached hydrogen (secondary N) is 1. The summed E-state index contributed by atoms with van der Waals surface area (Å²) < 4.78 is 0. The normalized spacial score (nSPS) is 17.3. The van der Waals surface area contributed by atoms with E-state index in [-0.39, 0.29) is 12.1 Å². The zero-order valence-corrected chi connectivity index (χ0v) is 17.7. The average molecular weight is 419 g/mol. The van der Waals surface area contributed by atoms with E-state index in [9.17, 15) is 4.79 Å². The molecule has 0 spiro atoms. The number of hydrogen-bond acceptors (Lipinski definition) is 4. The number of urea groups is 1. The predicted molar refractivity (Wildman–Crippen MR) is 119 cm³/mol. The quantitative estimate of drug-likeness (QED) is 0.628. The number of carbonyl (C=O) groups is 1. The molecule has 154 valence electrons. The first-order chi connectivity index (χ1) is 14.8. The second-order valence-corrected chi connectivity index (χ2v) is 9.26. The number of rotatable bonds is 5. The van der Waals surface area contributed by atoms with E-state index in [1.165, 1.54) is 17.8 Å². The van der Waals surface area contributed by atoms with Gasteiger partial charge in [-0.15, -0.1) is 21.5 Å². The van der Waals surface area contributed by atoms with Crippen LogP contribution < -0.4 is 5.32 Å². The number of aromatic nitrogens is 2. The molecule has 2 heterocycles. The topological polar surface area (TPSA) is 58.1 Å². The van der Waals surface area contributed by atoms with Crippen molar-refractivity contribution in [3.8, 4) is 0 Å². The molecule has 0 bridgehead atoms. The molecule has 6 heteroatoms. The van der Waals surface area contributed by atoms with Crippen LogP contribution >= 0.6 is 11.3 Å². The molecule has 1 aromatic heterocycles. The van der Waals surface area contributed by atoms with E-state index in [0.717, 1.165) is 42.1 Å². The van der Waals surface area contributed by atoms with Crippen LogP contribution in [-0.2, 0) is 0 Å². The van der Waals surface area contributed by atoms with Crippen molar-refractivity contribution in [3.63, 3.8) is 0 Å². The molecular formula is C24H26N4OS. The van der Waals surface area contributed by atoms with Gasteiger partial charge in [0.2, 0.25) is 0 Å². The third-order valence-corrected chi connectivity index (χ3v) is 7.30. The van der Waals surface area contributed by atoms with E-state index in [0.29, 0.717) is 11.8 Å². The lowest BCUT2D eigenvalue weighted by Crippen LogP contribution is -2.45. The Morgan fingerprint density at radius 3 is 1.83 bits per heavy atom. The van der Waals surface area contributed by atoms with Crippen LogP contribution in [-0.4, -0.2) is 34.2 Å². The van der Waals surface area contributed by atoms with Crippen molar-refractivity contribution >= 4 is 17.4 Å².